The summed E-state index contributed by atoms with van der Waals surface area (Å²) in [6, 6.07) is 7.98. The molecule has 1 aliphatic heterocycles. The van der Waals surface area contributed by atoms with E-state index in [-0.39, 0.29) is 18.3 Å². The number of benzene rings is 1. The Kier molecular flexibility index (Phi) is 4.42. The lowest BCUT2D eigenvalue weighted by atomic mass is 9.79. The molecule has 1 fully saturated rings. The van der Waals surface area contributed by atoms with Crippen LogP contribution in [-0.4, -0.2) is 24.9 Å². The van der Waals surface area contributed by atoms with Crippen molar-refractivity contribution in [2.75, 3.05) is 6.54 Å². The maximum absolute atomic E-state index is 8.20. The van der Waals surface area contributed by atoms with Crippen LogP contribution in [0.4, 0.5) is 0 Å². The first kappa shape index (κ1) is 15.6. The summed E-state index contributed by atoms with van der Waals surface area (Å²) in [5.41, 5.74) is 9.59. The molecule has 0 bridgehead atoms. The summed E-state index contributed by atoms with van der Waals surface area (Å²) in [4.78, 5) is 2.70. The molecule has 1 aromatic carbocycles. The lowest BCUT2D eigenvalue weighted by Crippen LogP contribution is -2.41. The molecule has 0 radical (unpaired) electrons. The maximum Gasteiger partial charge on any atom is 0.494 e. The molecule has 0 atom stereocenters. The first-order valence-electron chi connectivity index (χ1n) is 6.99. The Morgan fingerprint density at radius 1 is 1.14 bits per heavy atom. The summed E-state index contributed by atoms with van der Waals surface area (Å²) in [7, 11) is -0.337. The van der Waals surface area contributed by atoms with Gasteiger partial charge in [-0.1, -0.05) is 41.5 Å². The molecule has 1 aliphatic rings. The van der Waals surface area contributed by atoms with Crippen LogP contribution in [-0.2, 0) is 9.31 Å². The highest BCUT2D eigenvalue weighted by Gasteiger charge is 2.51. The van der Waals surface area contributed by atoms with Gasteiger partial charge in [0.2, 0.25) is 0 Å². The molecule has 2 rings (SSSR count). The van der Waals surface area contributed by atoms with Gasteiger partial charge in [-0.05, 0) is 44.3 Å². The van der Waals surface area contributed by atoms with Gasteiger partial charge in [0.15, 0.2) is 0 Å². The van der Waals surface area contributed by atoms with Crippen LogP contribution < -0.4 is 5.46 Å². The molecule has 0 saturated carbocycles. The third-order valence-electron chi connectivity index (χ3n) is 4.02. The molecule has 110 valence electrons. The predicted octanol–water partition coefficient (Wildman–Crippen LogP) is 3.31. The van der Waals surface area contributed by atoms with Gasteiger partial charge in [0.05, 0.1) is 11.2 Å². The van der Waals surface area contributed by atoms with Crippen LogP contribution in [0.1, 0.15) is 33.3 Å². The smallest absolute Gasteiger partial charge is 0.399 e. The van der Waals surface area contributed by atoms with E-state index in [1.54, 1.807) is 0 Å². The average molecular weight is 285 g/mol. The Bertz CT molecular complexity index is 559. The highest BCUT2D eigenvalue weighted by Crippen LogP contribution is 2.36. The van der Waals surface area contributed by atoms with E-state index < -0.39 is 0 Å². The summed E-state index contributed by atoms with van der Waals surface area (Å²) >= 11 is 0. The fourth-order valence-corrected chi connectivity index (χ4v) is 2.02. The molecular formula is C15H20BN3O2. The van der Waals surface area contributed by atoms with Crippen LogP contribution in [0.25, 0.3) is 16.5 Å². The molecule has 0 aliphatic carbocycles. The Labute approximate surface area is 125 Å². The number of hydrogen-bond acceptors (Lipinski definition) is 3. The van der Waals surface area contributed by atoms with Gasteiger partial charge in [0, 0.05) is 11.5 Å². The van der Waals surface area contributed by atoms with Gasteiger partial charge >= 0.3 is 7.12 Å². The monoisotopic (exact) mass is 285 g/mol. The van der Waals surface area contributed by atoms with Crippen molar-refractivity contribution in [1.29, 1.82) is 0 Å². The zero-order valence-electron chi connectivity index (χ0n) is 12.9. The fourth-order valence-electron chi connectivity index (χ4n) is 2.02. The normalized spacial score (nSPS) is 19.7. The van der Waals surface area contributed by atoms with Crippen molar-refractivity contribution in [3.8, 4) is 0 Å². The van der Waals surface area contributed by atoms with Crippen molar-refractivity contribution in [3.05, 3.63) is 46.3 Å². The Hall–Kier alpha value is -1.75. The second-order valence-electron chi connectivity index (χ2n) is 6.07. The standard InChI is InChI=1S/C15H20BN3O2/c1-14(2)15(3,4)21-16(20-14)13-9-7-12(8-10-13)6-5-11-18-19-17/h5-10H,11H2,1-4H3. The Morgan fingerprint density at radius 2 is 1.71 bits per heavy atom. The van der Waals surface area contributed by atoms with Crippen molar-refractivity contribution < 1.29 is 9.31 Å². The molecule has 1 saturated heterocycles. The van der Waals surface area contributed by atoms with Crippen LogP contribution in [0.3, 0.4) is 0 Å². The van der Waals surface area contributed by atoms with Crippen molar-refractivity contribution in [2.45, 2.75) is 38.9 Å². The third-order valence-corrected chi connectivity index (χ3v) is 4.02. The van der Waals surface area contributed by atoms with Crippen molar-refractivity contribution >= 4 is 18.7 Å². The fraction of sp³-hybridized carbons (Fsp3) is 0.467. The van der Waals surface area contributed by atoms with Crippen molar-refractivity contribution in [2.24, 2.45) is 5.11 Å². The lowest BCUT2D eigenvalue weighted by molar-refractivity contribution is 0.00578. The van der Waals surface area contributed by atoms with Crippen LogP contribution in [0.2, 0.25) is 0 Å². The zero-order valence-corrected chi connectivity index (χ0v) is 12.9. The predicted molar refractivity (Wildman–Crippen MR) is 85.2 cm³/mol. The Balaban J connectivity index is 2.07. The number of hydrogen-bond donors (Lipinski definition) is 0. The quantitative estimate of drug-likeness (QED) is 0.368. The van der Waals surface area contributed by atoms with Gasteiger partial charge in [-0.25, -0.2) is 0 Å². The van der Waals surface area contributed by atoms with Crippen molar-refractivity contribution in [1.82, 2.24) is 0 Å². The van der Waals surface area contributed by atoms with Gasteiger partial charge in [0.25, 0.3) is 0 Å². The van der Waals surface area contributed by atoms with E-state index in [0.717, 1.165) is 11.0 Å². The molecule has 0 amide bonds. The summed E-state index contributed by atoms with van der Waals surface area (Å²) in [5.74, 6) is 0. The maximum atomic E-state index is 8.20. The van der Waals surface area contributed by atoms with Crippen LogP contribution >= 0.6 is 0 Å². The second kappa shape index (κ2) is 5.94. The molecule has 0 unspecified atom stereocenters. The minimum absolute atomic E-state index is 0.328. The summed E-state index contributed by atoms with van der Waals surface area (Å²) in [5, 5.41) is 3.45. The highest BCUT2D eigenvalue weighted by atomic mass is 16.7. The lowest BCUT2D eigenvalue weighted by Gasteiger charge is -2.32. The van der Waals surface area contributed by atoms with E-state index in [1.807, 2.05) is 64.1 Å². The van der Waals surface area contributed by atoms with E-state index in [9.17, 15) is 0 Å². The summed E-state index contributed by atoms with van der Waals surface area (Å²) < 4.78 is 12.0. The molecular weight excluding hydrogens is 265 g/mol. The first-order valence-corrected chi connectivity index (χ1v) is 6.99. The molecule has 0 spiro atoms. The van der Waals surface area contributed by atoms with Gasteiger partial charge in [0.1, 0.15) is 0 Å². The third kappa shape index (κ3) is 3.48. The number of azide groups is 1. The van der Waals surface area contributed by atoms with Crippen LogP contribution in [0.15, 0.2) is 35.5 Å². The number of rotatable bonds is 4. The SMILES string of the molecule is CC1(C)OB(c2ccc(C=CCN=[N+]=[N-])cc2)OC1(C)C. The second-order valence-corrected chi connectivity index (χ2v) is 6.07. The van der Waals surface area contributed by atoms with E-state index in [0.29, 0.717) is 6.54 Å². The molecule has 1 aromatic rings. The van der Waals surface area contributed by atoms with E-state index >= 15 is 0 Å². The highest BCUT2D eigenvalue weighted by molar-refractivity contribution is 6.62. The minimum atomic E-state index is -0.337. The van der Waals surface area contributed by atoms with Crippen LogP contribution in [0, 0.1) is 0 Å². The Morgan fingerprint density at radius 3 is 2.24 bits per heavy atom. The minimum Gasteiger partial charge on any atom is -0.399 e. The zero-order chi connectivity index (χ0) is 15.5. The van der Waals surface area contributed by atoms with Crippen LogP contribution in [0.5, 0.6) is 0 Å². The van der Waals surface area contributed by atoms with E-state index in [1.165, 1.54) is 0 Å². The summed E-state index contributed by atoms with van der Waals surface area (Å²) in [6.07, 6.45) is 3.74. The molecule has 1 heterocycles. The van der Waals surface area contributed by atoms with Gasteiger partial charge in [-0.15, -0.1) is 0 Å². The molecule has 5 nitrogen and oxygen atoms in total. The van der Waals surface area contributed by atoms with Gasteiger partial charge < -0.3 is 9.31 Å². The number of nitrogens with zero attached hydrogens (tertiary/aromatic N) is 3. The molecule has 0 aromatic heterocycles. The van der Waals surface area contributed by atoms with Crippen molar-refractivity contribution in [3.63, 3.8) is 0 Å². The van der Waals surface area contributed by atoms with Gasteiger partial charge in [-0.3, -0.25) is 0 Å². The summed E-state index contributed by atoms with van der Waals surface area (Å²) in [6.45, 7) is 8.52. The topological polar surface area (TPSA) is 67.2 Å². The largest absolute Gasteiger partial charge is 0.494 e. The molecule has 0 N–H and O–H groups in total. The average Bonchev–Trinajstić information content (AvgIpc) is 2.64. The molecule has 21 heavy (non-hydrogen) atoms. The van der Waals surface area contributed by atoms with E-state index in [2.05, 4.69) is 10.0 Å². The van der Waals surface area contributed by atoms with E-state index in [4.69, 9.17) is 14.8 Å². The molecule has 6 heteroatoms. The van der Waals surface area contributed by atoms with Gasteiger partial charge in [-0.2, -0.15) is 0 Å². The first-order chi connectivity index (χ1) is 9.86.